The van der Waals surface area contributed by atoms with E-state index in [1.807, 2.05) is 36.2 Å². The van der Waals surface area contributed by atoms with Crippen molar-refractivity contribution in [1.29, 1.82) is 0 Å². The van der Waals surface area contributed by atoms with Crippen molar-refractivity contribution in [1.82, 2.24) is 10.0 Å². The summed E-state index contributed by atoms with van der Waals surface area (Å²) in [5.41, 5.74) is 2.26. The van der Waals surface area contributed by atoms with E-state index in [2.05, 4.69) is 5.01 Å². The molecule has 0 aliphatic carbocycles. The molecule has 3 aliphatic heterocycles. The highest BCUT2D eigenvalue weighted by molar-refractivity contribution is 6.24. The first-order chi connectivity index (χ1) is 14.0. The number of fused-ring (bicyclic) bond motifs is 3. The maximum atomic E-state index is 13.4. The van der Waals surface area contributed by atoms with E-state index in [0.717, 1.165) is 35.5 Å². The second-order valence-corrected chi connectivity index (χ2v) is 7.79. The standard InChI is InChI=1S/C21H20N4O4/c1-13-6-8-14(9-7-13)18-17-19(23-11-3-10-22(18)23)21(27)24(20(17)26)15-4-2-5-16(12-15)25(28)29/h2,4-9,12,17-19H,3,10-11H2,1H3/t17-,18+,19-/m1/s1. The lowest BCUT2D eigenvalue weighted by Gasteiger charge is -2.29. The minimum atomic E-state index is -0.560. The van der Waals surface area contributed by atoms with Crippen LogP contribution < -0.4 is 4.90 Å². The summed E-state index contributed by atoms with van der Waals surface area (Å²) in [5.74, 6) is -1.12. The zero-order chi connectivity index (χ0) is 20.3. The Kier molecular flexibility index (Phi) is 4.01. The van der Waals surface area contributed by atoms with Crippen LogP contribution in [0.5, 0.6) is 0 Å². The summed E-state index contributed by atoms with van der Waals surface area (Å²) in [6.45, 7) is 3.55. The predicted octanol–water partition coefficient (Wildman–Crippen LogP) is 2.44. The van der Waals surface area contributed by atoms with Crippen LogP contribution in [0.4, 0.5) is 11.4 Å². The third-order valence-electron chi connectivity index (χ3n) is 6.12. The molecular formula is C21H20N4O4. The van der Waals surface area contributed by atoms with Crippen LogP contribution in [0.2, 0.25) is 0 Å². The number of hydrazine groups is 1. The van der Waals surface area contributed by atoms with Gasteiger partial charge in [-0.05, 0) is 25.0 Å². The second kappa shape index (κ2) is 6.47. The summed E-state index contributed by atoms with van der Waals surface area (Å²) in [6, 6.07) is 13.0. The molecule has 148 valence electrons. The van der Waals surface area contributed by atoms with Crippen LogP contribution in [-0.4, -0.2) is 45.9 Å². The molecule has 3 atom stereocenters. The van der Waals surface area contributed by atoms with Gasteiger partial charge in [-0.25, -0.2) is 14.9 Å². The molecule has 2 aromatic rings. The number of benzene rings is 2. The van der Waals surface area contributed by atoms with Crippen LogP contribution >= 0.6 is 0 Å². The van der Waals surface area contributed by atoms with Crippen molar-refractivity contribution < 1.29 is 14.5 Å². The van der Waals surface area contributed by atoms with Crippen LogP contribution in [0, 0.1) is 23.0 Å². The molecule has 0 unspecified atom stereocenters. The molecular weight excluding hydrogens is 372 g/mol. The van der Waals surface area contributed by atoms with Gasteiger partial charge in [0.2, 0.25) is 5.91 Å². The smallest absolute Gasteiger partial charge is 0.271 e. The minimum absolute atomic E-state index is 0.141. The van der Waals surface area contributed by atoms with Crippen molar-refractivity contribution in [2.24, 2.45) is 5.92 Å². The van der Waals surface area contributed by atoms with Gasteiger partial charge in [-0.15, -0.1) is 0 Å². The predicted molar refractivity (Wildman–Crippen MR) is 105 cm³/mol. The van der Waals surface area contributed by atoms with E-state index in [0.29, 0.717) is 0 Å². The normalized spacial score (nSPS) is 26.8. The van der Waals surface area contributed by atoms with Gasteiger partial charge in [0, 0.05) is 25.2 Å². The van der Waals surface area contributed by atoms with Gasteiger partial charge in [0.15, 0.2) is 0 Å². The molecule has 0 radical (unpaired) electrons. The lowest BCUT2D eigenvalue weighted by Crippen LogP contribution is -2.44. The molecule has 29 heavy (non-hydrogen) atoms. The number of nitrogens with zero attached hydrogens (tertiary/aromatic N) is 4. The molecule has 2 amide bonds. The number of carbonyl (C=O) groups is 2. The average Bonchev–Trinajstić information content (AvgIpc) is 3.35. The van der Waals surface area contributed by atoms with Crippen LogP contribution in [-0.2, 0) is 9.59 Å². The number of non-ortho nitro benzene ring substituents is 1. The number of nitro groups is 1. The first-order valence-electron chi connectivity index (χ1n) is 9.69. The molecule has 8 heteroatoms. The van der Waals surface area contributed by atoms with E-state index in [9.17, 15) is 19.7 Å². The summed E-state index contributed by atoms with van der Waals surface area (Å²) in [6.07, 6.45) is 0.934. The van der Waals surface area contributed by atoms with Gasteiger partial charge < -0.3 is 0 Å². The number of imide groups is 1. The first kappa shape index (κ1) is 18.0. The lowest BCUT2D eigenvalue weighted by atomic mass is 9.89. The van der Waals surface area contributed by atoms with Crippen LogP contribution in [0.3, 0.4) is 0 Å². The monoisotopic (exact) mass is 392 g/mol. The Balaban J connectivity index is 1.57. The lowest BCUT2D eigenvalue weighted by molar-refractivity contribution is -0.384. The zero-order valence-electron chi connectivity index (χ0n) is 15.9. The summed E-state index contributed by atoms with van der Waals surface area (Å²) >= 11 is 0. The number of aryl methyl sites for hydroxylation is 1. The third kappa shape index (κ3) is 2.60. The third-order valence-corrected chi connectivity index (χ3v) is 6.12. The fourth-order valence-corrected chi connectivity index (χ4v) is 4.88. The molecule has 3 fully saturated rings. The maximum absolute atomic E-state index is 13.4. The molecule has 3 heterocycles. The molecule has 2 aromatic carbocycles. The Hall–Kier alpha value is -3.10. The number of hydrogen-bond acceptors (Lipinski definition) is 6. The van der Waals surface area contributed by atoms with Gasteiger partial charge in [-0.1, -0.05) is 35.9 Å². The Labute approximate surface area is 167 Å². The minimum Gasteiger partial charge on any atom is -0.274 e. The second-order valence-electron chi connectivity index (χ2n) is 7.79. The summed E-state index contributed by atoms with van der Waals surface area (Å²) in [4.78, 5) is 38.5. The van der Waals surface area contributed by atoms with Crippen molar-refractivity contribution in [2.75, 3.05) is 18.0 Å². The molecule has 8 nitrogen and oxygen atoms in total. The van der Waals surface area contributed by atoms with Gasteiger partial charge >= 0.3 is 0 Å². The maximum Gasteiger partial charge on any atom is 0.271 e. The number of nitro benzene ring substituents is 1. The highest BCUT2D eigenvalue weighted by Crippen LogP contribution is 2.49. The molecule has 0 saturated carbocycles. The molecule has 0 spiro atoms. The zero-order valence-corrected chi connectivity index (χ0v) is 15.9. The average molecular weight is 392 g/mol. The Morgan fingerprint density at radius 3 is 2.34 bits per heavy atom. The number of hydrogen-bond donors (Lipinski definition) is 0. The molecule has 0 N–H and O–H groups in total. The van der Waals surface area contributed by atoms with Gasteiger partial charge in [0.1, 0.15) is 6.04 Å². The fraction of sp³-hybridized carbons (Fsp3) is 0.333. The summed E-state index contributed by atoms with van der Waals surface area (Å²) in [5, 5.41) is 15.3. The van der Waals surface area contributed by atoms with Crippen molar-refractivity contribution in [2.45, 2.75) is 25.4 Å². The number of rotatable bonds is 3. The van der Waals surface area contributed by atoms with Crippen molar-refractivity contribution in [3.63, 3.8) is 0 Å². The van der Waals surface area contributed by atoms with E-state index in [1.165, 1.54) is 18.2 Å². The van der Waals surface area contributed by atoms with Gasteiger partial charge in [-0.2, -0.15) is 0 Å². The fourth-order valence-electron chi connectivity index (χ4n) is 4.88. The van der Waals surface area contributed by atoms with Gasteiger partial charge in [0.05, 0.1) is 22.6 Å². The Bertz CT molecular complexity index is 1020. The quantitative estimate of drug-likeness (QED) is 0.453. The topological polar surface area (TPSA) is 87.0 Å². The van der Waals surface area contributed by atoms with E-state index < -0.39 is 16.9 Å². The SMILES string of the molecule is Cc1ccc([C@H]2[C@H]3C(=O)N(c4cccc([N+](=O)[O-])c4)C(=O)[C@@H]3N3CCCN23)cc1. The largest absolute Gasteiger partial charge is 0.274 e. The number of amides is 2. The van der Waals surface area contributed by atoms with Gasteiger partial charge in [0.25, 0.3) is 11.6 Å². The Morgan fingerprint density at radius 2 is 1.66 bits per heavy atom. The highest BCUT2D eigenvalue weighted by Gasteiger charge is 2.62. The molecule has 3 aliphatic rings. The van der Waals surface area contributed by atoms with Crippen LogP contribution in [0.15, 0.2) is 48.5 Å². The Morgan fingerprint density at radius 1 is 0.966 bits per heavy atom. The highest BCUT2D eigenvalue weighted by atomic mass is 16.6. The number of carbonyl (C=O) groups excluding carboxylic acids is 2. The van der Waals surface area contributed by atoms with E-state index in [-0.39, 0.29) is 29.2 Å². The van der Waals surface area contributed by atoms with Crippen LogP contribution in [0.25, 0.3) is 0 Å². The molecule has 5 rings (SSSR count). The van der Waals surface area contributed by atoms with Crippen molar-refractivity contribution in [3.8, 4) is 0 Å². The van der Waals surface area contributed by atoms with Crippen LogP contribution in [0.1, 0.15) is 23.6 Å². The molecule has 3 saturated heterocycles. The van der Waals surface area contributed by atoms with Crippen molar-refractivity contribution in [3.05, 3.63) is 69.8 Å². The van der Waals surface area contributed by atoms with E-state index in [4.69, 9.17) is 0 Å². The first-order valence-corrected chi connectivity index (χ1v) is 9.69. The summed E-state index contributed by atoms with van der Waals surface area (Å²) < 4.78 is 0. The van der Waals surface area contributed by atoms with Crippen molar-refractivity contribution >= 4 is 23.2 Å². The van der Waals surface area contributed by atoms with E-state index >= 15 is 0 Å². The molecule has 0 bridgehead atoms. The summed E-state index contributed by atoms with van der Waals surface area (Å²) in [7, 11) is 0. The molecule has 0 aromatic heterocycles. The number of anilines is 1. The van der Waals surface area contributed by atoms with E-state index in [1.54, 1.807) is 6.07 Å². The van der Waals surface area contributed by atoms with Gasteiger partial charge in [-0.3, -0.25) is 19.7 Å².